The van der Waals surface area contributed by atoms with E-state index in [4.69, 9.17) is 5.11 Å². The van der Waals surface area contributed by atoms with Crippen molar-refractivity contribution in [2.75, 3.05) is 45.9 Å². The monoisotopic (exact) mass is 410 g/mol. The molecule has 1 aliphatic rings. The van der Waals surface area contributed by atoms with Gasteiger partial charge >= 0.3 is 0 Å². The van der Waals surface area contributed by atoms with E-state index in [0.29, 0.717) is 10.8 Å². The smallest absolute Gasteiger partial charge is 0.270 e. The van der Waals surface area contributed by atoms with Gasteiger partial charge in [-0.1, -0.05) is 12.1 Å². The molecule has 0 aliphatic carbocycles. The minimum Gasteiger partial charge on any atom is -0.395 e. The van der Waals surface area contributed by atoms with Gasteiger partial charge in [-0.15, -0.1) is 0 Å². The van der Waals surface area contributed by atoms with E-state index in [1.807, 2.05) is 18.2 Å². The Kier molecular flexibility index (Phi) is 6.08. The van der Waals surface area contributed by atoms with E-state index in [-0.39, 0.29) is 17.7 Å². The third-order valence-electron chi connectivity index (χ3n) is 5.90. The van der Waals surface area contributed by atoms with Crippen LogP contribution < -0.4 is 5.43 Å². The number of aryl methyl sites for hydroxylation is 1. The highest BCUT2D eigenvalue weighted by molar-refractivity contribution is 5.94. The van der Waals surface area contributed by atoms with Gasteiger partial charge < -0.3 is 14.6 Å². The molecule has 3 aromatic rings. The number of nitrogens with zero attached hydrogens (tertiary/aromatic N) is 4. The van der Waals surface area contributed by atoms with Crippen molar-refractivity contribution in [2.24, 2.45) is 0 Å². The van der Waals surface area contributed by atoms with Crippen molar-refractivity contribution >= 4 is 27.5 Å². The van der Waals surface area contributed by atoms with Gasteiger partial charge in [-0.25, -0.2) is 0 Å². The first kappa shape index (κ1) is 20.5. The van der Waals surface area contributed by atoms with E-state index in [9.17, 15) is 14.9 Å². The lowest BCUT2D eigenvalue weighted by atomic mass is 10.1. The number of rotatable bonds is 7. The highest BCUT2D eigenvalue weighted by Crippen LogP contribution is 2.23. The first-order chi connectivity index (χ1) is 14.6. The molecule has 2 heterocycles. The van der Waals surface area contributed by atoms with Gasteiger partial charge in [-0.2, -0.15) is 0 Å². The van der Waals surface area contributed by atoms with Crippen molar-refractivity contribution in [3.8, 4) is 0 Å². The van der Waals surface area contributed by atoms with Crippen molar-refractivity contribution in [2.45, 2.75) is 13.0 Å². The minimum absolute atomic E-state index is 0.0674. The third-order valence-corrected chi connectivity index (χ3v) is 5.90. The van der Waals surface area contributed by atoms with Crippen LogP contribution in [0.5, 0.6) is 0 Å². The summed E-state index contributed by atoms with van der Waals surface area (Å²) in [5, 5.41) is 21.2. The second-order valence-electron chi connectivity index (χ2n) is 7.72. The Hall–Kier alpha value is -2.81. The fourth-order valence-corrected chi connectivity index (χ4v) is 4.30. The Labute approximate surface area is 174 Å². The molecular weight excluding hydrogens is 384 g/mol. The predicted octanol–water partition coefficient (Wildman–Crippen LogP) is 2.06. The van der Waals surface area contributed by atoms with Gasteiger partial charge in [0.1, 0.15) is 0 Å². The molecule has 4 rings (SSSR count). The van der Waals surface area contributed by atoms with Gasteiger partial charge in [-0.05, 0) is 31.2 Å². The maximum absolute atomic E-state index is 13.0. The minimum atomic E-state index is -0.463. The summed E-state index contributed by atoms with van der Waals surface area (Å²) >= 11 is 0. The molecular formula is C22H26N4O4. The number of piperazine rings is 1. The van der Waals surface area contributed by atoms with Crippen LogP contribution in [0.15, 0.2) is 47.3 Å². The molecule has 0 saturated carbocycles. The summed E-state index contributed by atoms with van der Waals surface area (Å²) in [6, 6.07) is 12.0. The van der Waals surface area contributed by atoms with Gasteiger partial charge in [0.2, 0.25) is 0 Å². The first-order valence-electron chi connectivity index (χ1n) is 10.3. The van der Waals surface area contributed by atoms with Gasteiger partial charge in [0.15, 0.2) is 5.43 Å². The SMILES string of the molecule is O=c1c2ccccc2n(CCCN2CCN(CCO)CC2)c2ccc([N+](=O)[O-])cc12. The second kappa shape index (κ2) is 8.91. The predicted molar refractivity (Wildman–Crippen MR) is 117 cm³/mol. The van der Waals surface area contributed by atoms with Crippen LogP contribution in [0, 0.1) is 10.1 Å². The van der Waals surface area contributed by atoms with Gasteiger partial charge in [0.25, 0.3) is 5.69 Å². The number of hydrogen-bond donors (Lipinski definition) is 1. The molecule has 30 heavy (non-hydrogen) atoms. The number of para-hydroxylation sites is 1. The van der Waals surface area contributed by atoms with Crippen molar-refractivity contribution < 1.29 is 10.0 Å². The first-order valence-corrected chi connectivity index (χ1v) is 10.3. The van der Waals surface area contributed by atoms with Crippen LogP contribution in [0.4, 0.5) is 5.69 Å². The molecule has 2 aromatic carbocycles. The number of aliphatic hydroxyl groups excluding tert-OH is 1. The summed E-state index contributed by atoms with van der Waals surface area (Å²) in [6.07, 6.45) is 0.916. The number of aromatic nitrogens is 1. The second-order valence-corrected chi connectivity index (χ2v) is 7.72. The number of non-ortho nitro benzene ring substituents is 1. The van der Waals surface area contributed by atoms with Crippen molar-refractivity contribution in [3.05, 3.63) is 62.8 Å². The van der Waals surface area contributed by atoms with Crippen LogP contribution in [-0.4, -0.2) is 70.3 Å². The Morgan fingerprint density at radius 2 is 1.57 bits per heavy atom. The van der Waals surface area contributed by atoms with Gasteiger partial charge in [-0.3, -0.25) is 19.8 Å². The maximum atomic E-state index is 13.0. The maximum Gasteiger partial charge on any atom is 0.270 e. The number of nitro benzene ring substituents is 1. The van der Waals surface area contributed by atoms with Crippen molar-refractivity contribution in [1.29, 1.82) is 0 Å². The standard InChI is InChI=1S/C22H26N4O4/c27-15-14-24-12-10-23(11-13-24)8-3-9-25-20-5-2-1-4-18(20)22(28)19-16-17(26(29)30)6-7-21(19)25/h1-2,4-7,16,27H,3,8-15H2. The van der Waals surface area contributed by atoms with E-state index >= 15 is 0 Å². The quantitative estimate of drug-likeness (QED) is 0.364. The molecule has 0 bridgehead atoms. The van der Waals surface area contributed by atoms with Crippen molar-refractivity contribution in [1.82, 2.24) is 14.4 Å². The Morgan fingerprint density at radius 1 is 0.900 bits per heavy atom. The topological polar surface area (TPSA) is 91.9 Å². The zero-order valence-corrected chi connectivity index (χ0v) is 16.9. The molecule has 1 saturated heterocycles. The molecule has 8 heteroatoms. The highest BCUT2D eigenvalue weighted by Gasteiger charge is 2.17. The van der Waals surface area contributed by atoms with E-state index in [1.54, 1.807) is 12.1 Å². The number of nitro groups is 1. The summed E-state index contributed by atoms with van der Waals surface area (Å²) in [4.78, 5) is 28.4. The summed E-state index contributed by atoms with van der Waals surface area (Å²) in [5.74, 6) is 0. The molecule has 158 valence electrons. The van der Waals surface area contributed by atoms with Gasteiger partial charge in [0.05, 0.1) is 27.9 Å². The molecule has 0 atom stereocenters. The molecule has 0 amide bonds. The number of β-amino-alcohol motifs (C(OH)–C–C–N with tert-alkyl or cyclic N) is 1. The lowest BCUT2D eigenvalue weighted by Gasteiger charge is -2.34. The number of benzene rings is 2. The molecule has 0 unspecified atom stereocenters. The molecule has 1 aromatic heterocycles. The molecule has 1 fully saturated rings. The van der Waals surface area contributed by atoms with E-state index in [1.165, 1.54) is 12.1 Å². The van der Waals surface area contributed by atoms with E-state index < -0.39 is 4.92 Å². The Morgan fingerprint density at radius 3 is 2.27 bits per heavy atom. The Bertz CT molecular complexity index is 1120. The molecule has 0 radical (unpaired) electrons. The van der Waals surface area contributed by atoms with Crippen LogP contribution in [0.1, 0.15) is 6.42 Å². The summed E-state index contributed by atoms with van der Waals surface area (Å²) < 4.78 is 2.11. The van der Waals surface area contributed by atoms with E-state index in [2.05, 4.69) is 14.4 Å². The average molecular weight is 410 g/mol. The van der Waals surface area contributed by atoms with E-state index in [0.717, 1.165) is 63.3 Å². The number of pyridine rings is 1. The fraction of sp³-hybridized carbons (Fsp3) is 0.409. The number of aliphatic hydroxyl groups is 1. The third kappa shape index (κ3) is 4.07. The fourth-order valence-electron chi connectivity index (χ4n) is 4.30. The number of fused-ring (bicyclic) bond motifs is 2. The zero-order chi connectivity index (χ0) is 21.1. The molecule has 8 nitrogen and oxygen atoms in total. The zero-order valence-electron chi connectivity index (χ0n) is 16.9. The number of hydrogen-bond acceptors (Lipinski definition) is 6. The normalized spacial score (nSPS) is 15.8. The van der Waals surface area contributed by atoms with Crippen LogP contribution >= 0.6 is 0 Å². The summed E-state index contributed by atoms with van der Waals surface area (Å²) in [7, 11) is 0. The van der Waals surface area contributed by atoms with Crippen LogP contribution in [-0.2, 0) is 6.54 Å². The molecule has 1 aliphatic heterocycles. The molecule has 1 N–H and O–H groups in total. The largest absolute Gasteiger partial charge is 0.395 e. The van der Waals surface area contributed by atoms with Crippen LogP contribution in [0.25, 0.3) is 21.8 Å². The van der Waals surface area contributed by atoms with Gasteiger partial charge in [0, 0.05) is 56.8 Å². The Balaban J connectivity index is 1.59. The van der Waals surface area contributed by atoms with Crippen LogP contribution in [0.2, 0.25) is 0 Å². The summed E-state index contributed by atoms with van der Waals surface area (Å²) in [6.45, 7) is 6.51. The van der Waals surface area contributed by atoms with Crippen LogP contribution in [0.3, 0.4) is 0 Å². The average Bonchev–Trinajstić information content (AvgIpc) is 2.77. The lowest BCUT2D eigenvalue weighted by molar-refractivity contribution is -0.384. The highest BCUT2D eigenvalue weighted by atomic mass is 16.6. The summed E-state index contributed by atoms with van der Waals surface area (Å²) in [5.41, 5.74) is 1.36. The van der Waals surface area contributed by atoms with Crippen molar-refractivity contribution in [3.63, 3.8) is 0 Å². The lowest BCUT2D eigenvalue weighted by Crippen LogP contribution is -2.47. The molecule has 0 spiro atoms.